The van der Waals surface area contributed by atoms with Crippen molar-refractivity contribution in [3.63, 3.8) is 0 Å². The number of nitrogens with zero attached hydrogens (tertiary/aromatic N) is 2. The molecule has 0 N–H and O–H groups in total. The number of hydrogen-bond donors (Lipinski definition) is 0. The number of rotatable bonds is 10. The molecule has 0 atom stereocenters. The standard InChI is InChI=1S/C10H17N2O2PS4/c1-4-7-17-10-12-11-9(19-10)8-18-15(16,13-5-2)14-6-3/h4H,1,5-8H2,2-3H3. The molecule has 0 radical (unpaired) electrons. The Labute approximate surface area is 131 Å². The van der Waals surface area contributed by atoms with Crippen LogP contribution in [-0.2, 0) is 26.6 Å². The van der Waals surface area contributed by atoms with E-state index in [1.807, 2.05) is 19.9 Å². The molecule has 1 aromatic heterocycles. The van der Waals surface area contributed by atoms with E-state index >= 15 is 0 Å². The van der Waals surface area contributed by atoms with Crippen molar-refractivity contribution < 1.29 is 9.05 Å². The van der Waals surface area contributed by atoms with Gasteiger partial charge in [0.1, 0.15) is 5.01 Å². The summed E-state index contributed by atoms with van der Waals surface area (Å²) in [5.74, 6) is 1.53. The quantitative estimate of drug-likeness (QED) is 0.351. The van der Waals surface area contributed by atoms with E-state index in [1.165, 1.54) is 11.4 Å². The summed E-state index contributed by atoms with van der Waals surface area (Å²) in [7, 11) is 0. The minimum atomic E-state index is -2.23. The van der Waals surface area contributed by atoms with Crippen LogP contribution < -0.4 is 0 Å². The molecule has 0 fully saturated rings. The molecule has 0 aliphatic heterocycles. The van der Waals surface area contributed by atoms with Crippen molar-refractivity contribution in [3.05, 3.63) is 17.7 Å². The highest BCUT2D eigenvalue weighted by atomic mass is 32.9. The molecule has 1 heterocycles. The minimum absolute atomic E-state index is 0.570. The Morgan fingerprint density at radius 2 is 2.05 bits per heavy atom. The lowest BCUT2D eigenvalue weighted by molar-refractivity contribution is 0.280. The molecule has 0 aromatic carbocycles. The molecular weight excluding hydrogens is 339 g/mol. The van der Waals surface area contributed by atoms with Gasteiger partial charge >= 0.3 is 0 Å². The van der Waals surface area contributed by atoms with Gasteiger partial charge in [-0.3, -0.25) is 0 Å². The van der Waals surface area contributed by atoms with Crippen LogP contribution in [0, 0.1) is 0 Å². The Morgan fingerprint density at radius 3 is 2.63 bits per heavy atom. The fourth-order valence-corrected chi connectivity index (χ4v) is 7.38. The van der Waals surface area contributed by atoms with Gasteiger partial charge in [-0.15, -0.1) is 16.8 Å². The SMILES string of the molecule is C=CCSc1nnc(CSP(=S)(OCC)OCC)s1. The molecule has 19 heavy (non-hydrogen) atoms. The molecule has 0 bridgehead atoms. The molecule has 0 amide bonds. The average Bonchev–Trinajstić information content (AvgIpc) is 2.83. The molecular formula is C10H17N2O2PS4. The summed E-state index contributed by atoms with van der Waals surface area (Å²) in [5, 5.41) is 9.21. The minimum Gasteiger partial charge on any atom is -0.322 e. The first-order chi connectivity index (χ1) is 9.13. The zero-order chi connectivity index (χ0) is 14.1. The maximum absolute atomic E-state index is 5.57. The second kappa shape index (κ2) is 9.50. The molecule has 0 spiro atoms. The summed E-state index contributed by atoms with van der Waals surface area (Å²) in [5.41, 5.74) is -2.23. The number of hydrogen-bond acceptors (Lipinski definition) is 8. The van der Waals surface area contributed by atoms with E-state index in [-0.39, 0.29) is 0 Å². The van der Waals surface area contributed by atoms with Gasteiger partial charge in [-0.05, 0) is 25.7 Å². The van der Waals surface area contributed by atoms with E-state index in [0.717, 1.165) is 15.1 Å². The van der Waals surface area contributed by atoms with Gasteiger partial charge < -0.3 is 9.05 Å². The van der Waals surface area contributed by atoms with Gasteiger partial charge in [-0.1, -0.05) is 40.6 Å². The maximum Gasteiger partial charge on any atom is 0.247 e. The Hall–Kier alpha value is 0.570. The van der Waals surface area contributed by atoms with Crippen LogP contribution in [0.3, 0.4) is 0 Å². The Bertz CT molecular complexity index is 431. The summed E-state index contributed by atoms with van der Waals surface area (Å²) in [6.45, 7) is 8.67. The Morgan fingerprint density at radius 1 is 1.37 bits per heavy atom. The van der Waals surface area contributed by atoms with Crippen molar-refractivity contribution in [3.8, 4) is 0 Å². The van der Waals surface area contributed by atoms with Gasteiger partial charge in [0.15, 0.2) is 4.34 Å². The van der Waals surface area contributed by atoms with E-state index in [9.17, 15) is 0 Å². The Kier molecular flexibility index (Phi) is 8.81. The van der Waals surface area contributed by atoms with E-state index in [0.29, 0.717) is 19.0 Å². The van der Waals surface area contributed by atoms with Crippen LogP contribution in [-0.4, -0.2) is 29.2 Å². The largest absolute Gasteiger partial charge is 0.322 e. The molecule has 0 aliphatic carbocycles. The van der Waals surface area contributed by atoms with Crippen molar-refractivity contribution in [1.82, 2.24) is 10.2 Å². The predicted molar refractivity (Wildman–Crippen MR) is 89.7 cm³/mol. The van der Waals surface area contributed by atoms with Crippen LogP contribution in [0.2, 0.25) is 0 Å². The number of thioether (sulfide) groups is 1. The van der Waals surface area contributed by atoms with Crippen molar-refractivity contribution in [1.29, 1.82) is 0 Å². The summed E-state index contributed by atoms with van der Waals surface area (Å²) >= 11 is 10.2. The first-order valence-corrected chi connectivity index (χ1v) is 11.8. The van der Waals surface area contributed by atoms with Crippen LogP contribution in [0.1, 0.15) is 18.9 Å². The van der Waals surface area contributed by atoms with Crippen LogP contribution in [0.15, 0.2) is 17.0 Å². The highest BCUT2D eigenvalue weighted by Crippen LogP contribution is 2.62. The summed E-state index contributed by atoms with van der Waals surface area (Å²) in [6.07, 6.45) is 1.85. The monoisotopic (exact) mass is 356 g/mol. The molecule has 0 saturated carbocycles. The summed E-state index contributed by atoms with van der Waals surface area (Å²) in [6, 6.07) is 0. The molecule has 1 aromatic rings. The maximum atomic E-state index is 5.57. The van der Waals surface area contributed by atoms with Gasteiger partial charge in [0.2, 0.25) is 5.69 Å². The highest BCUT2D eigenvalue weighted by Gasteiger charge is 2.20. The molecule has 9 heteroatoms. The van der Waals surface area contributed by atoms with E-state index in [1.54, 1.807) is 23.1 Å². The lowest BCUT2D eigenvalue weighted by Crippen LogP contribution is -1.92. The molecule has 0 aliphatic rings. The fraction of sp³-hybridized carbons (Fsp3) is 0.600. The fourth-order valence-electron chi connectivity index (χ4n) is 1.05. The van der Waals surface area contributed by atoms with Crippen LogP contribution in [0.4, 0.5) is 0 Å². The highest BCUT2D eigenvalue weighted by molar-refractivity contribution is 8.67. The van der Waals surface area contributed by atoms with Crippen LogP contribution in [0.25, 0.3) is 0 Å². The normalized spacial score (nSPS) is 11.7. The first kappa shape index (κ1) is 17.6. The Balaban J connectivity index is 2.51. The predicted octanol–water partition coefficient (Wildman–Crippen LogP) is 4.35. The van der Waals surface area contributed by atoms with E-state index in [2.05, 4.69) is 16.8 Å². The number of aromatic nitrogens is 2. The summed E-state index contributed by atoms with van der Waals surface area (Å²) < 4.78 is 12.1. The van der Waals surface area contributed by atoms with E-state index < -0.39 is 5.69 Å². The second-order valence-corrected chi connectivity index (χ2v) is 11.8. The lowest BCUT2D eigenvalue weighted by Gasteiger charge is -2.19. The molecule has 4 nitrogen and oxygen atoms in total. The van der Waals surface area contributed by atoms with Gasteiger partial charge in [0.05, 0.1) is 19.0 Å². The molecule has 0 saturated heterocycles. The van der Waals surface area contributed by atoms with Crippen LogP contribution in [0.5, 0.6) is 0 Å². The lowest BCUT2D eigenvalue weighted by atomic mass is 10.8. The van der Waals surface area contributed by atoms with Gasteiger partial charge in [0, 0.05) is 5.75 Å². The smallest absolute Gasteiger partial charge is 0.247 e. The average molecular weight is 357 g/mol. The van der Waals surface area contributed by atoms with Crippen molar-refractivity contribution in [2.45, 2.75) is 23.9 Å². The molecule has 1 rings (SSSR count). The van der Waals surface area contributed by atoms with Crippen molar-refractivity contribution in [2.75, 3.05) is 19.0 Å². The third kappa shape index (κ3) is 6.71. The molecule has 0 unspecified atom stereocenters. The van der Waals surface area contributed by atoms with E-state index in [4.69, 9.17) is 20.9 Å². The second-order valence-electron chi connectivity index (χ2n) is 3.12. The topological polar surface area (TPSA) is 44.2 Å². The third-order valence-electron chi connectivity index (χ3n) is 1.69. The van der Waals surface area contributed by atoms with Crippen LogP contribution >= 0.6 is 40.2 Å². The zero-order valence-electron chi connectivity index (χ0n) is 10.9. The van der Waals surface area contributed by atoms with Gasteiger partial charge in [-0.2, -0.15) is 0 Å². The van der Waals surface area contributed by atoms with Gasteiger partial charge in [0.25, 0.3) is 0 Å². The summed E-state index contributed by atoms with van der Waals surface area (Å²) in [4.78, 5) is 0. The third-order valence-corrected chi connectivity index (χ3v) is 9.35. The van der Waals surface area contributed by atoms with Crippen molar-refractivity contribution in [2.24, 2.45) is 0 Å². The van der Waals surface area contributed by atoms with Crippen molar-refractivity contribution >= 4 is 52.0 Å². The first-order valence-electron chi connectivity index (χ1n) is 5.73. The van der Waals surface area contributed by atoms with Gasteiger partial charge in [-0.25, -0.2) is 0 Å². The zero-order valence-corrected chi connectivity index (χ0v) is 15.1. The molecule has 108 valence electrons.